The molecule has 0 aliphatic carbocycles. The SMILES string of the molecule is COC(=O)c1c(CC(=O)Nc2ccnn2CC(C)C)[nH]c(C(C)=O)c1C. The maximum absolute atomic E-state index is 12.5. The predicted octanol–water partition coefficient (Wildman–Crippen LogP) is 2.35. The first-order valence-electron chi connectivity index (χ1n) is 8.36. The van der Waals surface area contributed by atoms with Gasteiger partial charge in [-0.2, -0.15) is 5.10 Å². The van der Waals surface area contributed by atoms with Crippen molar-refractivity contribution >= 4 is 23.5 Å². The van der Waals surface area contributed by atoms with Gasteiger partial charge in [0.25, 0.3) is 0 Å². The molecule has 2 N–H and O–H groups in total. The number of ketones is 1. The molecule has 0 saturated heterocycles. The van der Waals surface area contributed by atoms with Crippen LogP contribution in [0.2, 0.25) is 0 Å². The molecule has 140 valence electrons. The van der Waals surface area contributed by atoms with Gasteiger partial charge >= 0.3 is 5.97 Å². The van der Waals surface area contributed by atoms with Crippen molar-refractivity contribution in [3.8, 4) is 0 Å². The van der Waals surface area contributed by atoms with Crippen molar-refractivity contribution in [2.75, 3.05) is 12.4 Å². The molecule has 0 fully saturated rings. The van der Waals surface area contributed by atoms with Gasteiger partial charge in [0.1, 0.15) is 5.82 Å². The first-order chi connectivity index (χ1) is 12.2. The van der Waals surface area contributed by atoms with Gasteiger partial charge in [-0.3, -0.25) is 9.59 Å². The quantitative estimate of drug-likeness (QED) is 0.582. The molecule has 0 spiro atoms. The fourth-order valence-corrected chi connectivity index (χ4v) is 2.80. The molecule has 0 aliphatic heterocycles. The van der Waals surface area contributed by atoms with Crippen LogP contribution < -0.4 is 5.32 Å². The molecular weight excluding hydrogens is 336 g/mol. The Bertz CT molecular complexity index is 832. The Morgan fingerprint density at radius 2 is 2.04 bits per heavy atom. The molecule has 26 heavy (non-hydrogen) atoms. The summed E-state index contributed by atoms with van der Waals surface area (Å²) in [5, 5.41) is 6.98. The molecule has 2 aromatic rings. The van der Waals surface area contributed by atoms with Gasteiger partial charge < -0.3 is 15.0 Å². The normalized spacial score (nSPS) is 10.8. The molecule has 0 aromatic carbocycles. The van der Waals surface area contributed by atoms with Gasteiger partial charge in [-0.15, -0.1) is 0 Å². The largest absolute Gasteiger partial charge is 0.465 e. The van der Waals surface area contributed by atoms with Crippen molar-refractivity contribution in [1.29, 1.82) is 0 Å². The molecule has 0 radical (unpaired) electrons. The lowest BCUT2D eigenvalue weighted by atomic mass is 10.1. The first kappa shape index (κ1) is 19.4. The summed E-state index contributed by atoms with van der Waals surface area (Å²) in [5.74, 6) is -0.163. The van der Waals surface area contributed by atoms with E-state index in [0.29, 0.717) is 35.2 Å². The molecule has 8 nitrogen and oxygen atoms in total. The summed E-state index contributed by atoms with van der Waals surface area (Å²) in [7, 11) is 1.26. The second-order valence-electron chi connectivity index (χ2n) is 6.54. The molecule has 8 heteroatoms. The summed E-state index contributed by atoms with van der Waals surface area (Å²) in [6, 6.07) is 1.71. The average Bonchev–Trinajstić information content (AvgIpc) is 3.10. The number of nitrogens with zero attached hydrogens (tertiary/aromatic N) is 2. The van der Waals surface area contributed by atoms with E-state index >= 15 is 0 Å². The Kier molecular flexibility index (Phi) is 5.97. The Hall–Kier alpha value is -2.90. The number of aromatic nitrogens is 3. The fraction of sp³-hybridized carbons (Fsp3) is 0.444. The zero-order valence-electron chi connectivity index (χ0n) is 15.7. The standard InChI is InChI=1S/C18H24N4O4/c1-10(2)9-22-14(6-7-19-22)21-15(24)8-13-16(18(25)26-5)11(3)17(20-13)12(4)23/h6-7,10,20H,8-9H2,1-5H3,(H,21,24). The minimum Gasteiger partial charge on any atom is -0.465 e. The van der Waals surface area contributed by atoms with Crippen LogP contribution >= 0.6 is 0 Å². The monoisotopic (exact) mass is 360 g/mol. The highest BCUT2D eigenvalue weighted by atomic mass is 16.5. The van der Waals surface area contributed by atoms with Gasteiger partial charge in [-0.1, -0.05) is 13.8 Å². The number of esters is 1. The molecule has 2 aromatic heterocycles. The number of hydrogen-bond acceptors (Lipinski definition) is 5. The minimum atomic E-state index is -0.584. The van der Waals surface area contributed by atoms with E-state index in [4.69, 9.17) is 4.74 Å². The molecular formula is C18H24N4O4. The molecule has 0 saturated carbocycles. The topological polar surface area (TPSA) is 106 Å². The van der Waals surface area contributed by atoms with Crippen LogP contribution in [0.3, 0.4) is 0 Å². The minimum absolute atomic E-state index is 0.0919. The highest BCUT2D eigenvalue weighted by molar-refractivity contribution is 6.02. The van der Waals surface area contributed by atoms with Crippen molar-refractivity contribution in [3.63, 3.8) is 0 Å². The molecule has 0 unspecified atom stereocenters. The third-order valence-electron chi connectivity index (χ3n) is 3.93. The lowest BCUT2D eigenvalue weighted by molar-refractivity contribution is -0.115. The number of Topliss-reactive ketones (excluding diaryl/α,β-unsaturated/α-hetero) is 1. The number of nitrogens with one attached hydrogen (secondary N) is 2. The summed E-state index contributed by atoms with van der Waals surface area (Å²) in [6.45, 7) is 7.83. The predicted molar refractivity (Wildman–Crippen MR) is 96.3 cm³/mol. The van der Waals surface area contributed by atoms with E-state index in [2.05, 4.69) is 29.2 Å². The van der Waals surface area contributed by atoms with Gasteiger partial charge in [-0.25, -0.2) is 9.48 Å². The van der Waals surface area contributed by atoms with Gasteiger partial charge in [0, 0.05) is 25.2 Å². The van der Waals surface area contributed by atoms with Crippen molar-refractivity contribution in [2.24, 2.45) is 5.92 Å². The molecule has 2 rings (SSSR count). The lowest BCUT2D eigenvalue weighted by Crippen LogP contribution is -2.20. The van der Waals surface area contributed by atoms with Crippen molar-refractivity contribution in [3.05, 3.63) is 34.8 Å². The van der Waals surface area contributed by atoms with Crippen molar-refractivity contribution in [2.45, 2.75) is 40.7 Å². The van der Waals surface area contributed by atoms with E-state index < -0.39 is 5.97 Å². The Morgan fingerprint density at radius 1 is 1.35 bits per heavy atom. The number of carbonyl (C=O) groups excluding carboxylic acids is 3. The van der Waals surface area contributed by atoms with Crippen LogP contribution in [-0.2, 0) is 22.5 Å². The van der Waals surface area contributed by atoms with Crippen LogP contribution in [0.5, 0.6) is 0 Å². The number of methoxy groups -OCH3 is 1. The third kappa shape index (κ3) is 4.19. The zero-order valence-corrected chi connectivity index (χ0v) is 15.7. The van der Waals surface area contributed by atoms with Crippen molar-refractivity contribution < 1.29 is 19.1 Å². The van der Waals surface area contributed by atoms with E-state index in [0.717, 1.165) is 0 Å². The van der Waals surface area contributed by atoms with E-state index in [1.807, 2.05) is 0 Å². The zero-order chi connectivity index (χ0) is 19.4. The molecule has 1 amide bonds. The van der Waals surface area contributed by atoms with Crippen LogP contribution in [-0.4, -0.2) is 39.5 Å². The van der Waals surface area contributed by atoms with Crippen LogP contribution in [0.15, 0.2) is 12.3 Å². The second kappa shape index (κ2) is 7.99. The Labute approximate surface area is 151 Å². The van der Waals surface area contributed by atoms with Gasteiger partial charge in [0.05, 0.1) is 31.0 Å². The first-order valence-corrected chi connectivity index (χ1v) is 8.36. The summed E-state index contributed by atoms with van der Waals surface area (Å²) >= 11 is 0. The number of aromatic amines is 1. The third-order valence-corrected chi connectivity index (χ3v) is 3.93. The number of ether oxygens (including phenoxy) is 1. The summed E-state index contributed by atoms with van der Waals surface area (Å²) < 4.78 is 6.50. The highest BCUT2D eigenvalue weighted by Gasteiger charge is 2.24. The number of anilines is 1. The summed E-state index contributed by atoms with van der Waals surface area (Å²) in [6.07, 6.45) is 1.52. The van der Waals surface area contributed by atoms with Crippen LogP contribution in [0.4, 0.5) is 5.82 Å². The molecule has 2 heterocycles. The average molecular weight is 360 g/mol. The molecule has 0 aliphatic rings. The van der Waals surface area contributed by atoms with Crippen LogP contribution in [0.1, 0.15) is 52.9 Å². The maximum atomic E-state index is 12.5. The van der Waals surface area contributed by atoms with Crippen molar-refractivity contribution in [1.82, 2.24) is 14.8 Å². The number of hydrogen-bond donors (Lipinski definition) is 2. The number of H-pyrrole nitrogens is 1. The van der Waals surface area contributed by atoms with E-state index in [9.17, 15) is 14.4 Å². The smallest absolute Gasteiger partial charge is 0.339 e. The van der Waals surface area contributed by atoms with E-state index in [1.165, 1.54) is 14.0 Å². The number of amides is 1. The summed E-state index contributed by atoms with van der Waals surface area (Å²) in [5.41, 5.74) is 1.37. The molecule has 0 atom stereocenters. The number of rotatable bonds is 7. The molecule has 0 bridgehead atoms. The van der Waals surface area contributed by atoms with Crippen LogP contribution in [0, 0.1) is 12.8 Å². The maximum Gasteiger partial charge on any atom is 0.339 e. The summed E-state index contributed by atoms with van der Waals surface area (Å²) in [4.78, 5) is 39.2. The van der Waals surface area contributed by atoms with E-state index in [-0.39, 0.29) is 23.7 Å². The fourth-order valence-electron chi connectivity index (χ4n) is 2.80. The number of carbonyl (C=O) groups is 3. The second-order valence-corrected chi connectivity index (χ2v) is 6.54. The van der Waals surface area contributed by atoms with Gasteiger partial charge in [0.2, 0.25) is 5.91 Å². The Morgan fingerprint density at radius 3 is 2.62 bits per heavy atom. The van der Waals surface area contributed by atoms with Crippen LogP contribution in [0.25, 0.3) is 0 Å². The van der Waals surface area contributed by atoms with E-state index in [1.54, 1.807) is 23.9 Å². The van der Waals surface area contributed by atoms with Gasteiger partial charge in [0.15, 0.2) is 5.78 Å². The lowest BCUT2D eigenvalue weighted by Gasteiger charge is -2.11. The highest BCUT2D eigenvalue weighted by Crippen LogP contribution is 2.21. The van der Waals surface area contributed by atoms with Gasteiger partial charge in [-0.05, 0) is 18.4 Å². The Balaban J connectivity index is 2.24.